The van der Waals surface area contributed by atoms with Crippen LogP contribution in [0.25, 0.3) is 0 Å². The molecule has 3 aromatic rings. The van der Waals surface area contributed by atoms with Gasteiger partial charge in [0, 0.05) is 12.7 Å². The highest BCUT2D eigenvalue weighted by molar-refractivity contribution is 5.75. The highest BCUT2D eigenvalue weighted by Gasteiger charge is 2.43. The Bertz CT molecular complexity index is 1200. The average molecular weight is 511 g/mol. The first-order valence-corrected chi connectivity index (χ1v) is 11.0. The molecule has 0 saturated carbocycles. The Balaban J connectivity index is 1.81. The standard InChI is InChI=1S/C25H23F6N3O2/c1-36-22-10-5-11-32-18(22)13-33-14-21(16-6-4-7-17(12-16)24(26,27)28)34(15-23(35)25(29,30)31)20-9-3-2-8-19(20)33/h2-12,21,23,35H,13-15H2,1H3. The van der Waals surface area contributed by atoms with Gasteiger partial charge in [0.05, 0.1) is 43.2 Å². The van der Waals surface area contributed by atoms with Crippen molar-refractivity contribution in [3.05, 3.63) is 83.7 Å². The Labute approximate surface area is 203 Å². The van der Waals surface area contributed by atoms with Crippen LogP contribution >= 0.6 is 0 Å². The lowest BCUT2D eigenvalue weighted by atomic mass is 9.97. The lowest BCUT2D eigenvalue weighted by molar-refractivity contribution is -0.200. The predicted octanol–water partition coefficient (Wildman–Crippen LogP) is 5.60. The number of hydrogen-bond acceptors (Lipinski definition) is 5. The number of pyridine rings is 1. The maximum atomic E-state index is 13.5. The summed E-state index contributed by atoms with van der Waals surface area (Å²) in [7, 11) is 1.48. The minimum atomic E-state index is -4.90. The Morgan fingerprint density at radius 1 is 1.00 bits per heavy atom. The number of hydrogen-bond donors (Lipinski definition) is 1. The molecule has 1 N–H and O–H groups in total. The minimum absolute atomic E-state index is 0.0443. The molecule has 2 aromatic carbocycles. The van der Waals surface area contributed by atoms with Crippen molar-refractivity contribution < 1.29 is 36.2 Å². The third-order valence-corrected chi connectivity index (χ3v) is 6.06. The van der Waals surface area contributed by atoms with Crippen LogP contribution in [0.15, 0.2) is 66.9 Å². The van der Waals surface area contributed by atoms with Crippen LogP contribution in [0.4, 0.5) is 37.7 Å². The van der Waals surface area contributed by atoms with E-state index in [4.69, 9.17) is 4.74 Å². The number of anilines is 2. The van der Waals surface area contributed by atoms with Crippen molar-refractivity contribution in [2.24, 2.45) is 0 Å². The number of rotatable bonds is 6. The van der Waals surface area contributed by atoms with Gasteiger partial charge in [0.2, 0.25) is 0 Å². The van der Waals surface area contributed by atoms with E-state index in [1.54, 1.807) is 42.6 Å². The zero-order valence-electron chi connectivity index (χ0n) is 19.1. The van der Waals surface area contributed by atoms with Crippen LogP contribution in [0.5, 0.6) is 5.75 Å². The second kappa shape index (κ2) is 9.88. The number of benzene rings is 2. The van der Waals surface area contributed by atoms with E-state index in [0.717, 1.165) is 12.1 Å². The second-order valence-electron chi connectivity index (χ2n) is 8.37. The molecule has 11 heteroatoms. The van der Waals surface area contributed by atoms with E-state index in [1.807, 2.05) is 4.90 Å². The molecule has 0 spiro atoms. The molecule has 0 fully saturated rings. The number of aromatic nitrogens is 1. The molecule has 0 radical (unpaired) electrons. The van der Waals surface area contributed by atoms with Gasteiger partial charge in [0.25, 0.3) is 0 Å². The summed E-state index contributed by atoms with van der Waals surface area (Å²) >= 11 is 0. The second-order valence-corrected chi connectivity index (χ2v) is 8.37. The van der Waals surface area contributed by atoms with E-state index in [-0.39, 0.29) is 18.7 Å². The lowest BCUT2D eigenvalue weighted by Crippen LogP contribution is -2.49. The van der Waals surface area contributed by atoms with Gasteiger partial charge in [-0.3, -0.25) is 4.98 Å². The van der Waals surface area contributed by atoms with E-state index < -0.39 is 36.6 Å². The van der Waals surface area contributed by atoms with E-state index in [2.05, 4.69) is 4.98 Å². The van der Waals surface area contributed by atoms with Gasteiger partial charge in [-0.15, -0.1) is 0 Å². The number of fused-ring (bicyclic) bond motifs is 1. The SMILES string of the molecule is COc1cccnc1CN1CC(c2cccc(C(F)(F)F)c2)N(CC(O)C(F)(F)F)c2ccccc21. The normalized spacial score (nSPS) is 17.1. The molecule has 4 rings (SSSR count). The molecule has 0 saturated heterocycles. The summed E-state index contributed by atoms with van der Waals surface area (Å²) in [6.45, 7) is -0.600. The van der Waals surface area contributed by atoms with Gasteiger partial charge in [0.1, 0.15) is 11.4 Å². The van der Waals surface area contributed by atoms with Crippen molar-refractivity contribution in [3.63, 3.8) is 0 Å². The fourth-order valence-corrected chi connectivity index (χ4v) is 4.33. The molecular formula is C25H23F6N3O2. The molecule has 2 heterocycles. The van der Waals surface area contributed by atoms with Crippen LogP contribution in [-0.4, -0.2) is 42.6 Å². The van der Waals surface area contributed by atoms with Gasteiger partial charge in [-0.1, -0.05) is 24.3 Å². The van der Waals surface area contributed by atoms with Crippen molar-refractivity contribution in [1.82, 2.24) is 4.98 Å². The number of halogens is 6. The van der Waals surface area contributed by atoms with Crippen LogP contribution in [0.1, 0.15) is 22.9 Å². The fourth-order valence-electron chi connectivity index (χ4n) is 4.33. The molecule has 2 atom stereocenters. The summed E-state index contributed by atoms with van der Waals surface area (Å²) in [6, 6.07) is 13.6. The van der Waals surface area contributed by atoms with Gasteiger partial charge >= 0.3 is 12.4 Å². The van der Waals surface area contributed by atoms with Crippen molar-refractivity contribution in [1.29, 1.82) is 0 Å². The number of aliphatic hydroxyl groups excluding tert-OH is 1. The molecule has 0 bridgehead atoms. The van der Waals surface area contributed by atoms with Crippen LogP contribution in [-0.2, 0) is 12.7 Å². The van der Waals surface area contributed by atoms with Gasteiger partial charge in [-0.2, -0.15) is 26.3 Å². The predicted molar refractivity (Wildman–Crippen MR) is 122 cm³/mol. The fraction of sp³-hybridized carbons (Fsp3) is 0.320. The van der Waals surface area contributed by atoms with Gasteiger partial charge < -0.3 is 19.6 Å². The quantitative estimate of drug-likeness (QED) is 0.437. The number of alkyl halides is 6. The largest absolute Gasteiger partial charge is 0.495 e. The van der Waals surface area contributed by atoms with E-state index >= 15 is 0 Å². The maximum Gasteiger partial charge on any atom is 0.416 e. The highest BCUT2D eigenvalue weighted by atomic mass is 19.4. The van der Waals surface area contributed by atoms with Crippen LogP contribution < -0.4 is 14.5 Å². The summed E-state index contributed by atoms with van der Waals surface area (Å²) in [4.78, 5) is 7.49. The first-order chi connectivity index (χ1) is 17.0. The third kappa shape index (κ3) is 5.35. The monoisotopic (exact) mass is 511 g/mol. The van der Waals surface area contributed by atoms with Gasteiger partial charge in [-0.25, -0.2) is 0 Å². The van der Waals surface area contributed by atoms with E-state index in [0.29, 0.717) is 22.8 Å². The van der Waals surface area contributed by atoms with Crippen molar-refractivity contribution in [2.75, 3.05) is 30.0 Å². The topological polar surface area (TPSA) is 48.8 Å². The van der Waals surface area contributed by atoms with Gasteiger partial charge in [0.15, 0.2) is 6.10 Å². The van der Waals surface area contributed by atoms with Crippen LogP contribution in [0.3, 0.4) is 0 Å². The summed E-state index contributed by atoms with van der Waals surface area (Å²) in [6.07, 6.45) is -10.6. The third-order valence-electron chi connectivity index (χ3n) is 6.06. The summed E-state index contributed by atoms with van der Waals surface area (Å²) in [5.74, 6) is 0.500. The molecule has 2 unspecified atom stereocenters. The summed E-state index contributed by atoms with van der Waals surface area (Å²) in [5, 5.41) is 9.89. The number of nitrogens with zero attached hydrogens (tertiary/aromatic N) is 3. The first kappa shape index (κ1) is 25.6. The number of ether oxygens (including phenoxy) is 1. The molecular weight excluding hydrogens is 488 g/mol. The van der Waals surface area contributed by atoms with Crippen molar-refractivity contribution in [2.45, 2.75) is 31.0 Å². The number of aliphatic hydroxyl groups is 1. The maximum absolute atomic E-state index is 13.5. The highest BCUT2D eigenvalue weighted by Crippen LogP contribution is 2.43. The van der Waals surface area contributed by atoms with E-state index in [9.17, 15) is 31.4 Å². The molecule has 5 nitrogen and oxygen atoms in total. The van der Waals surface area contributed by atoms with Gasteiger partial charge in [-0.05, 0) is 42.0 Å². The first-order valence-electron chi connectivity index (χ1n) is 11.0. The molecule has 0 aliphatic carbocycles. The zero-order chi connectivity index (χ0) is 26.1. The minimum Gasteiger partial charge on any atom is -0.495 e. The molecule has 1 aliphatic rings. The lowest BCUT2D eigenvalue weighted by Gasteiger charge is -2.45. The van der Waals surface area contributed by atoms with Crippen molar-refractivity contribution in [3.8, 4) is 5.75 Å². The number of para-hydroxylation sites is 2. The summed E-state index contributed by atoms with van der Waals surface area (Å²) in [5.41, 5.74) is 0.730. The molecule has 1 aliphatic heterocycles. The Morgan fingerprint density at radius 3 is 2.39 bits per heavy atom. The van der Waals surface area contributed by atoms with Crippen LogP contribution in [0, 0.1) is 0 Å². The zero-order valence-corrected chi connectivity index (χ0v) is 19.1. The molecule has 36 heavy (non-hydrogen) atoms. The molecule has 1 aromatic heterocycles. The molecule has 0 amide bonds. The van der Waals surface area contributed by atoms with Crippen LogP contribution in [0.2, 0.25) is 0 Å². The Kier molecular flexibility index (Phi) is 7.03. The number of β-amino-alcohol motifs (C(OH)–C–C–N with tert-alkyl or cyclic N) is 1. The Hall–Kier alpha value is -3.47. The number of methoxy groups -OCH3 is 1. The average Bonchev–Trinajstić information content (AvgIpc) is 2.84. The van der Waals surface area contributed by atoms with E-state index in [1.165, 1.54) is 24.1 Å². The smallest absolute Gasteiger partial charge is 0.416 e. The van der Waals surface area contributed by atoms with Crippen molar-refractivity contribution >= 4 is 11.4 Å². The Morgan fingerprint density at radius 2 is 1.72 bits per heavy atom. The molecule has 192 valence electrons. The summed E-state index contributed by atoms with van der Waals surface area (Å²) < 4.78 is 85.7.